The number of carbonyl (C=O) groups is 1. The van der Waals surface area contributed by atoms with E-state index in [0.717, 1.165) is 25.2 Å². The van der Waals surface area contributed by atoms with E-state index in [1.807, 2.05) is 6.07 Å². The van der Waals surface area contributed by atoms with Gasteiger partial charge in [-0.3, -0.25) is 0 Å². The highest BCUT2D eigenvalue weighted by Crippen LogP contribution is 2.30. The molecule has 1 fully saturated rings. The molecule has 0 amide bonds. The third-order valence-corrected chi connectivity index (χ3v) is 3.75. The van der Waals surface area contributed by atoms with Crippen LogP contribution in [0.15, 0.2) is 18.2 Å². The fourth-order valence-corrected chi connectivity index (χ4v) is 2.82. The van der Waals surface area contributed by atoms with Crippen LogP contribution in [0.5, 0.6) is 0 Å². The van der Waals surface area contributed by atoms with Gasteiger partial charge in [-0.1, -0.05) is 24.9 Å². The second-order valence-electron chi connectivity index (χ2n) is 4.86. The molecule has 1 aliphatic rings. The van der Waals surface area contributed by atoms with Crippen molar-refractivity contribution in [2.75, 3.05) is 18.0 Å². The van der Waals surface area contributed by atoms with Gasteiger partial charge in [0.15, 0.2) is 0 Å². The minimum atomic E-state index is -0.911. The van der Waals surface area contributed by atoms with E-state index in [4.69, 9.17) is 11.6 Å². The highest BCUT2D eigenvalue weighted by Gasteiger charge is 2.25. The summed E-state index contributed by atoms with van der Waals surface area (Å²) in [6, 6.07) is 5.11. The van der Waals surface area contributed by atoms with Gasteiger partial charge in [-0.15, -0.1) is 0 Å². The maximum absolute atomic E-state index is 11.3. The lowest BCUT2D eigenvalue weighted by molar-refractivity contribution is 0.0697. The Hall–Kier alpha value is -1.22. The molecule has 4 heteroatoms. The third kappa shape index (κ3) is 2.78. The highest BCUT2D eigenvalue weighted by atomic mass is 35.5. The molecule has 0 spiro atoms. The molecule has 1 aromatic rings. The summed E-state index contributed by atoms with van der Waals surface area (Å²) < 4.78 is 0. The summed E-state index contributed by atoms with van der Waals surface area (Å²) in [7, 11) is 0. The van der Waals surface area contributed by atoms with Gasteiger partial charge in [0.05, 0.1) is 11.3 Å². The summed E-state index contributed by atoms with van der Waals surface area (Å²) in [4.78, 5) is 13.4. The van der Waals surface area contributed by atoms with Crippen LogP contribution in [0.1, 0.15) is 36.5 Å². The van der Waals surface area contributed by atoms with Crippen molar-refractivity contribution in [2.24, 2.45) is 5.92 Å². The largest absolute Gasteiger partial charge is 0.478 e. The van der Waals surface area contributed by atoms with Crippen LogP contribution in [-0.2, 0) is 0 Å². The van der Waals surface area contributed by atoms with Gasteiger partial charge in [0.25, 0.3) is 0 Å². The van der Waals surface area contributed by atoms with Crippen molar-refractivity contribution in [2.45, 2.75) is 26.2 Å². The van der Waals surface area contributed by atoms with E-state index in [2.05, 4.69) is 11.8 Å². The molecular weight excluding hydrogens is 250 g/mol. The molecule has 0 radical (unpaired) electrons. The van der Waals surface area contributed by atoms with Crippen molar-refractivity contribution in [1.29, 1.82) is 0 Å². The zero-order valence-electron chi connectivity index (χ0n) is 10.5. The Morgan fingerprint density at radius 1 is 1.56 bits per heavy atom. The standard InChI is InChI=1S/C14H18ClNO2/c1-2-3-10-6-7-16(9-10)13-5-4-11(15)8-12(13)14(17)18/h4-5,8,10H,2-3,6-7,9H2,1H3,(H,17,18). The first-order valence-electron chi connectivity index (χ1n) is 6.39. The molecule has 18 heavy (non-hydrogen) atoms. The zero-order chi connectivity index (χ0) is 13.1. The van der Waals surface area contributed by atoms with Gasteiger partial charge in [-0.25, -0.2) is 4.79 Å². The molecule has 0 bridgehead atoms. The van der Waals surface area contributed by atoms with E-state index >= 15 is 0 Å². The predicted octanol–water partition coefficient (Wildman–Crippen LogP) is 3.66. The Morgan fingerprint density at radius 2 is 2.33 bits per heavy atom. The van der Waals surface area contributed by atoms with Gasteiger partial charge >= 0.3 is 5.97 Å². The Labute approximate surface area is 112 Å². The van der Waals surface area contributed by atoms with Crippen molar-refractivity contribution < 1.29 is 9.90 Å². The minimum Gasteiger partial charge on any atom is -0.478 e. The summed E-state index contributed by atoms with van der Waals surface area (Å²) in [6.45, 7) is 4.08. The minimum absolute atomic E-state index is 0.305. The normalized spacial score (nSPS) is 19.2. The summed E-state index contributed by atoms with van der Waals surface area (Å²) in [5, 5.41) is 9.71. The smallest absolute Gasteiger partial charge is 0.337 e. The molecule has 98 valence electrons. The molecule has 1 unspecified atom stereocenters. The quantitative estimate of drug-likeness (QED) is 0.905. The molecule has 1 heterocycles. The number of hydrogen-bond donors (Lipinski definition) is 1. The van der Waals surface area contributed by atoms with Crippen LogP contribution in [0.4, 0.5) is 5.69 Å². The van der Waals surface area contributed by atoms with E-state index in [1.54, 1.807) is 6.07 Å². The van der Waals surface area contributed by atoms with Crippen LogP contribution in [0, 0.1) is 5.92 Å². The Balaban J connectivity index is 2.21. The number of rotatable bonds is 4. The molecule has 3 nitrogen and oxygen atoms in total. The Bertz CT molecular complexity index is 447. The lowest BCUT2D eigenvalue weighted by Crippen LogP contribution is -2.22. The van der Waals surface area contributed by atoms with Crippen molar-refractivity contribution in [1.82, 2.24) is 0 Å². The van der Waals surface area contributed by atoms with E-state index in [9.17, 15) is 9.90 Å². The summed E-state index contributed by atoms with van der Waals surface area (Å²) >= 11 is 5.86. The molecule has 1 saturated heterocycles. The second kappa shape index (κ2) is 5.61. The summed E-state index contributed by atoms with van der Waals surface area (Å²) in [5.74, 6) is -0.223. The van der Waals surface area contributed by atoms with Gasteiger partial charge in [0, 0.05) is 18.1 Å². The van der Waals surface area contributed by atoms with Gasteiger partial charge in [0.2, 0.25) is 0 Å². The third-order valence-electron chi connectivity index (χ3n) is 3.51. The first-order chi connectivity index (χ1) is 8.61. The number of aromatic carboxylic acids is 1. The van der Waals surface area contributed by atoms with Crippen molar-refractivity contribution in [3.05, 3.63) is 28.8 Å². The number of carboxylic acids is 1. The SMILES string of the molecule is CCCC1CCN(c2ccc(Cl)cc2C(=O)O)C1. The number of benzene rings is 1. The van der Waals surface area contributed by atoms with Crippen molar-refractivity contribution >= 4 is 23.3 Å². The lowest BCUT2D eigenvalue weighted by Gasteiger charge is -2.21. The molecule has 1 atom stereocenters. The second-order valence-corrected chi connectivity index (χ2v) is 5.29. The first-order valence-corrected chi connectivity index (χ1v) is 6.77. The van der Waals surface area contributed by atoms with Crippen LogP contribution in [-0.4, -0.2) is 24.2 Å². The van der Waals surface area contributed by atoms with Gasteiger partial charge < -0.3 is 10.0 Å². The summed E-state index contributed by atoms with van der Waals surface area (Å²) in [6.07, 6.45) is 3.55. The zero-order valence-corrected chi connectivity index (χ0v) is 11.3. The number of hydrogen-bond acceptors (Lipinski definition) is 2. The van der Waals surface area contributed by atoms with Crippen LogP contribution in [0.25, 0.3) is 0 Å². The Morgan fingerprint density at radius 3 is 3.00 bits per heavy atom. The van der Waals surface area contributed by atoms with Crippen LogP contribution in [0.3, 0.4) is 0 Å². The van der Waals surface area contributed by atoms with Crippen molar-refractivity contribution in [3.63, 3.8) is 0 Å². The number of nitrogens with zero attached hydrogens (tertiary/aromatic N) is 1. The molecule has 2 rings (SSSR count). The molecule has 0 aromatic heterocycles. The van der Waals surface area contributed by atoms with Crippen molar-refractivity contribution in [3.8, 4) is 0 Å². The molecule has 1 aromatic carbocycles. The average Bonchev–Trinajstić information content (AvgIpc) is 2.78. The topological polar surface area (TPSA) is 40.5 Å². The molecule has 1 aliphatic heterocycles. The van der Waals surface area contributed by atoms with Crippen LogP contribution < -0.4 is 4.90 Å². The average molecular weight is 268 g/mol. The molecule has 0 aliphatic carbocycles. The number of halogens is 1. The van der Waals surface area contributed by atoms with Gasteiger partial charge in [-0.2, -0.15) is 0 Å². The number of anilines is 1. The van der Waals surface area contributed by atoms with Crippen LogP contribution in [0.2, 0.25) is 5.02 Å². The van der Waals surface area contributed by atoms with Crippen LogP contribution >= 0.6 is 11.6 Å². The fourth-order valence-electron chi connectivity index (χ4n) is 2.65. The Kier molecular flexibility index (Phi) is 4.12. The highest BCUT2D eigenvalue weighted by molar-refractivity contribution is 6.31. The van der Waals surface area contributed by atoms with Gasteiger partial charge in [0.1, 0.15) is 0 Å². The predicted molar refractivity (Wildman–Crippen MR) is 73.6 cm³/mol. The molecule has 0 saturated carbocycles. The maximum Gasteiger partial charge on any atom is 0.337 e. The molecular formula is C14H18ClNO2. The van der Waals surface area contributed by atoms with E-state index in [-0.39, 0.29) is 0 Å². The van der Waals surface area contributed by atoms with E-state index < -0.39 is 5.97 Å². The maximum atomic E-state index is 11.3. The lowest BCUT2D eigenvalue weighted by atomic mass is 10.0. The fraction of sp³-hybridized carbons (Fsp3) is 0.500. The van der Waals surface area contributed by atoms with E-state index in [1.165, 1.54) is 18.9 Å². The summed E-state index contributed by atoms with van der Waals surface area (Å²) in [5.41, 5.74) is 1.10. The first kappa shape index (κ1) is 13.2. The van der Waals surface area contributed by atoms with E-state index in [0.29, 0.717) is 16.5 Å². The van der Waals surface area contributed by atoms with Gasteiger partial charge in [-0.05, 0) is 37.0 Å². The molecule has 1 N–H and O–H groups in total. The number of carboxylic acid groups (broad SMARTS) is 1. The monoisotopic (exact) mass is 267 g/mol.